The van der Waals surface area contributed by atoms with Gasteiger partial charge in [0.25, 0.3) is 0 Å². The molecule has 0 aliphatic rings. The van der Waals surface area contributed by atoms with E-state index in [2.05, 4.69) is 19.2 Å². The van der Waals surface area contributed by atoms with Crippen LogP contribution < -0.4 is 14.9 Å². The lowest BCUT2D eigenvalue weighted by molar-refractivity contribution is -0.275. The van der Waals surface area contributed by atoms with Crippen LogP contribution in [0, 0.1) is 0 Å². The summed E-state index contributed by atoms with van der Waals surface area (Å²) >= 11 is 0. The van der Waals surface area contributed by atoms with Gasteiger partial charge in [-0.2, -0.15) is 0 Å². The molecule has 1 aromatic heterocycles. The first-order chi connectivity index (χ1) is 9.26. The quantitative estimate of drug-likeness (QED) is 0.831. The van der Waals surface area contributed by atoms with Gasteiger partial charge in [-0.1, -0.05) is 0 Å². The van der Waals surface area contributed by atoms with E-state index in [9.17, 15) is 22.8 Å². The molecule has 20 heavy (non-hydrogen) atoms. The van der Waals surface area contributed by atoms with Crippen LogP contribution >= 0.6 is 0 Å². The lowest BCUT2D eigenvalue weighted by Gasteiger charge is -2.12. The van der Waals surface area contributed by atoms with Crippen LogP contribution in [0.5, 0.6) is 11.6 Å². The maximum atomic E-state index is 12.1. The number of aromatic nitrogens is 1. The molecule has 0 spiro atoms. The zero-order valence-corrected chi connectivity index (χ0v) is 10.7. The average Bonchev–Trinajstić information content (AvgIpc) is 2.31. The monoisotopic (exact) mass is 295 g/mol. The third-order valence-electron chi connectivity index (χ3n) is 2.07. The van der Waals surface area contributed by atoms with E-state index in [4.69, 9.17) is 0 Å². The van der Waals surface area contributed by atoms with Gasteiger partial charge >= 0.3 is 12.3 Å². The van der Waals surface area contributed by atoms with Crippen molar-refractivity contribution in [1.29, 1.82) is 0 Å². The largest absolute Gasteiger partial charge is 0.573 e. The lowest BCUT2D eigenvalue weighted by atomic mass is 10.2. The number of rotatable bonds is 5. The molecule has 112 valence electrons. The molecule has 1 N–H and O–H groups in total. The number of nitrogens with one attached hydrogen (secondary N) is 1. The van der Waals surface area contributed by atoms with Gasteiger partial charge in [-0.05, 0) is 6.92 Å². The van der Waals surface area contributed by atoms with Crippen LogP contribution in [-0.4, -0.2) is 31.0 Å². The Bertz CT molecular complexity index is 538. The second kappa shape index (κ2) is 6.31. The summed E-state index contributed by atoms with van der Waals surface area (Å²) in [6.45, 7) is 1.75. The normalized spacial score (nSPS) is 11.1. The summed E-state index contributed by atoms with van der Waals surface area (Å²) < 4.78 is 49.3. The predicted molar refractivity (Wildman–Crippen MR) is 60.6 cm³/mol. The van der Waals surface area contributed by atoms with Gasteiger partial charge in [-0.15, -0.1) is 13.2 Å². The topological polar surface area (TPSA) is 77.6 Å². The number of carbonyl (C=O) groups is 1. The zero-order chi connectivity index (χ0) is 15.3. The van der Waals surface area contributed by atoms with Crippen molar-refractivity contribution < 1.29 is 32.2 Å². The van der Waals surface area contributed by atoms with Crippen LogP contribution in [0.3, 0.4) is 0 Å². The molecule has 0 bridgehead atoms. The number of methoxy groups -OCH3 is 1. The van der Waals surface area contributed by atoms with Crippen LogP contribution in [0.4, 0.5) is 13.2 Å². The van der Waals surface area contributed by atoms with E-state index in [0.717, 1.165) is 13.2 Å². The van der Waals surface area contributed by atoms with E-state index in [1.54, 1.807) is 6.92 Å². The molecule has 0 aliphatic carbocycles. The molecule has 1 heterocycles. The van der Waals surface area contributed by atoms with Crippen LogP contribution in [0.25, 0.3) is 0 Å². The minimum absolute atomic E-state index is 0.0554. The fraction of sp³-hybridized carbons (Fsp3) is 0.455. The van der Waals surface area contributed by atoms with Crippen LogP contribution in [0.15, 0.2) is 10.9 Å². The van der Waals surface area contributed by atoms with Crippen molar-refractivity contribution >= 4 is 5.97 Å². The molecule has 1 aromatic rings. The Balaban J connectivity index is 3.07. The number of aromatic amines is 1. The van der Waals surface area contributed by atoms with E-state index >= 15 is 0 Å². The molecule has 0 saturated carbocycles. The van der Waals surface area contributed by atoms with Crippen molar-refractivity contribution in [2.24, 2.45) is 0 Å². The third-order valence-corrected chi connectivity index (χ3v) is 2.07. The average molecular weight is 295 g/mol. The number of carbonyl (C=O) groups excluding carboxylic acids is 1. The summed E-state index contributed by atoms with van der Waals surface area (Å²) in [5.74, 6) is -2.17. The Kier molecular flexibility index (Phi) is 5.00. The Morgan fingerprint density at radius 1 is 1.40 bits per heavy atom. The third kappa shape index (κ3) is 4.48. The fourth-order valence-electron chi connectivity index (χ4n) is 1.39. The molecule has 9 heteroatoms. The highest BCUT2D eigenvalue weighted by Crippen LogP contribution is 2.27. The van der Waals surface area contributed by atoms with Crippen LogP contribution in [-0.2, 0) is 16.0 Å². The highest BCUT2D eigenvalue weighted by Gasteiger charge is 2.34. The highest BCUT2D eigenvalue weighted by atomic mass is 19.4. The van der Waals surface area contributed by atoms with Gasteiger partial charge in [0.05, 0.1) is 20.1 Å². The van der Waals surface area contributed by atoms with Gasteiger partial charge in [-0.25, -0.2) is 0 Å². The molecule has 0 unspecified atom stereocenters. The van der Waals surface area contributed by atoms with E-state index in [-0.39, 0.29) is 18.7 Å². The fourth-order valence-corrected chi connectivity index (χ4v) is 1.39. The Morgan fingerprint density at radius 2 is 2.05 bits per heavy atom. The van der Waals surface area contributed by atoms with E-state index in [1.807, 2.05) is 0 Å². The molecular formula is C11H12F3NO5. The Hall–Kier alpha value is -2.19. The number of pyridine rings is 1. The summed E-state index contributed by atoms with van der Waals surface area (Å²) in [4.78, 5) is 25.2. The standard InChI is InChI=1S/C11H12F3NO5/c1-3-19-8(17)5-6-4-7(16)9(10(15-6)18-2)20-11(12,13)14/h4H,3,5H2,1-2H3,(H,15,16). The Morgan fingerprint density at radius 3 is 2.55 bits per heavy atom. The van der Waals surface area contributed by atoms with Gasteiger partial charge < -0.3 is 19.2 Å². The van der Waals surface area contributed by atoms with Gasteiger partial charge in [-0.3, -0.25) is 9.59 Å². The van der Waals surface area contributed by atoms with Crippen LogP contribution in [0.1, 0.15) is 12.6 Å². The summed E-state index contributed by atoms with van der Waals surface area (Å²) in [6, 6.07) is 0.820. The second-order valence-corrected chi connectivity index (χ2v) is 3.55. The minimum atomic E-state index is -5.02. The summed E-state index contributed by atoms with van der Waals surface area (Å²) in [5.41, 5.74) is -1.00. The van der Waals surface area contributed by atoms with E-state index < -0.39 is 29.4 Å². The minimum Gasteiger partial charge on any atom is -0.480 e. The van der Waals surface area contributed by atoms with Crippen molar-refractivity contribution in [1.82, 2.24) is 4.98 Å². The Labute approximate surface area is 111 Å². The summed E-state index contributed by atoms with van der Waals surface area (Å²) in [6.07, 6.45) is -5.32. The van der Waals surface area contributed by atoms with Crippen molar-refractivity contribution in [2.45, 2.75) is 19.7 Å². The maximum absolute atomic E-state index is 12.1. The zero-order valence-electron chi connectivity index (χ0n) is 10.7. The van der Waals surface area contributed by atoms with E-state index in [1.165, 1.54) is 0 Å². The molecule has 0 saturated heterocycles. The van der Waals surface area contributed by atoms with Crippen molar-refractivity contribution in [3.05, 3.63) is 22.0 Å². The number of hydrogen-bond donors (Lipinski definition) is 1. The number of hydrogen-bond acceptors (Lipinski definition) is 5. The maximum Gasteiger partial charge on any atom is 0.573 e. The van der Waals surface area contributed by atoms with Crippen molar-refractivity contribution in [3.8, 4) is 11.6 Å². The lowest BCUT2D eigenvalue weighted by Crippen LogP contribution is -2.23. The molecule has 0 aliphatic heterocycles. The summed E-state index contributed by atoms with van der Waals surface area (Å²) in [7, 11) is 1.06. The smallest absolute Gasteiger partial charge is 0.480 e. The molecule has 0 fully saturated rings. The number of alkyl halides is 3. The summed E-state index contributed by atoms with van der Waals surface area (Å²) in [5, 5.41) is 0. The molecule has 0 atom stereocenters. The number of ether oxygens (including phenoxy) is 3. The molecule has 0 amide bonds. The van der Waals surface area contributed by atoms with Crippen LogP contribution in [0.2, 0.25) is 0 Å². The predicted octanol–water partition coefficient (Wildman–Crippen LogP) is 1.39. The first kappa shape index (κ1) is 15.9. The van der Waals surface area contributed by atoms with Crippen molar-refractivity contribution in [2.75, 3.05) is 13.7 Å². The number of esters is 1. The number of halogens is 3. The molecule has 6 nitrogen and oxygen atoms in total. The SMILES string of the molecule is CCOC(=O)Cc1cc(=O)c(OC(F)(F)F)c(OC)[nH]1. The molecular weight excluding hydrogens is 283 g/mol. The van der Waals surface area contributed by atoms with Gasteiger partial charge in [0.15, 0.2) is 0 Å². The van der Waals surface area contributed by atoms with Gasteiger partial charge in [0.2, 0.25) is 17.1 Å². The van der Waals surface area contributed by atoms with Gasteiger partial charge in [0.1, 0.15) is 0 Å². The second-order valence-electron chi connectivity index (χ2n) is 3.55. The molecule has 0 radical (unpaired) electrons. The first-order valence-corrected chi connectivity index (χ1v) is 5.48. The van der Waals surface area contributed by atoms with E-state index in [0.29, 0.717) is 0 Å². The number of H-pyrrole nitrogens is 1. The van der Waals surface area contributed by atoms with Crippen molar-refractivity contribution in [3.63, 3.8) is 0 Å². The first-order valence-electron chi connectivity index (χ1n) is 5.48. The highest BCUT2D eigenvalue weighted by molar-refractivity contribution is 5.72. The van der Waals surface area contributed by atoms with Gasteiger partial charge in [0, 0.05) is 11.8 Å². The molecule has 0 aromatic carbocycles. The molecule has 1 rings (SSSR count).